The minimum atomic E-state index is -0.830. The number of nitro benzene ring substituents is 1. The molecule has 2 N–H and O–H groups in total. The number of rotatable bonds is 6. The zero-order valence-corrected chi connectivity index (χ0v) is 16.1. The Morgan fingerprint density at radius 3 is 2.59 bits per heavy atom. The van der Waals surface area contributed by atoms with Crippen molar-refractivity contribution in [1.29, 1.82) is 0 Å². The number of benzene rings is 1. The SMILES string of the molecule is C[C@@H](NC(=O)c1cccc([N+](=O)[O-])c1)C(=O)Nc1ccc(N2CCCCC2)nc1. The fourth-order valence-corrected chi connectivity index (χ4v) is 3.13. The lowest BCUT2D eigenvalue weighted by atomic mass is 10.1. The molecular formula is C20H23N5O4. The molecular weight excluding hydrogens is 374 g/mol. The highest BCUT2D eigenvalue weighted by Gasteiger charge is 2.19. The number of pyridine rings is 1. The Morgan fingerprint density at radius 1 is 1.17 bits per heavy atom. The molecule has 1 aliphatic heterocycles. The third-order valence-electron chi connectivity index (χ3n) is 4.76. The van der Waals surface area contributed by atoms with Crippen molar-refractivity contribution in [3.05, 3.63) is 58.3 Å². The molecule has 9 nitrogen and oxygen atoms in total. The predicted octanol–water partition coefficient (Wildman–Crippen LogP) is 2.74. The number of non-ortho nitro benzene ring substituents is 1. The summed E-state index contributed by atoms with van der Waals surface area (Å²) < 4.78 is 0. The van der Waals surface area contributed by atoms with Crippen molar-refractivity contribution in [3.63, 3.8) is 0 Å². The Morgan fingerprint density at radius 2 is 1.93 bits per heavy atom. The Bertz CT molecular complexity index is 894. The Balaban J connectivity index is 1.56. The molecule has 1 aliphatic rings. The van der Waals surface area contributed by atoms with Gasteiger partial charge in [-0.1, -0.05) is 6.07 Å². The molecule has 9 heteroatoms. The lowest BCUT2D eigenvalue weighted by molar-refractivity contribution is -0.384. The van der Waals surface area contributed by atoms with E-state index in [-0.39, 0.29) is 11.3 Å². The number of nitrogens with one attached hydrogen (secondary N) is 2. The van der Waals surface area contributed by atoms with Crippen LogP contribution in [0.2, 0.25) is 0 Å². The van der Waals surface area contributed by atoms with Gasteiger partial charge in [-0.25, -0.2) is 4.98 Å². The number of amides is 2. The molecule has 0 bridgehead atoms. The van der Waals surface area contributed by atoms with Gasteiger partial charge in [0, 0.05) is 30.8 Å². The lowest BCUT2D eigenvalue weighted by Gasteiger charge is -2.27. The molecule has 0 unspecified atom stereocenters. The van der Waals surface area contributed by atoms with E-state index in [0.29, 0.717) is 5.69 Å². The monoisotopic (exact) mass is 397 g/mol. The van der Waals surface area contributed by atoms with Gasteiger partial charge in [0.15, 0.2) is 0 Å². The number of piperidine rings is 1. The summed E-state index contributed by atoms with van der Waals surface area (Å²) in [5.41, 5.74) is 0.466. The van der Waals surface area contributed by atoms with E-state index < -0.39 is 22.8 Å². The van der Waals surface area contributed by atoms with Crippen LogP contribution in [0.1, 0.15) is 36.5 Å². The lowest BCUT2D eigenvalue weighted by Crippen LogP contribution is -2.41. The molecule has 0 aliphatic carbocycles. The molecule has 29 heavy (non-hydrogen) atoms. The van der Waals surface area contributed by atoms with E-state index in [0.717, 1.165) is 31.7 Å². The van der Waals surface area contributed by atoms with E-state index >= 15 is 0 Å². The summed E-state index contributed by atoms with van der Waals surface area (Å²) in [7, 11) is 0. The van der Waals surface area contributed by atoms with Crippen LogP contribution in [0, 0.1) is 10.1 Å². The summed E-state index contributed by atoms with van der Waals surface area (Å²) in [6, 6.07) is 8.17. The van der Waals surface area contributed by atoms with Crippen LogP contribution in [0.15, 0.2) is 42.6 Å². The van der Waals surface area contributed by atoms with E-state index in [1.54, 1.807) is 19.2 Å². The predicted molar refractivity (Wildman–Crippen MR) is 109 cm³/mol. The normalized spacial score (nSPS) is 14.7. The van der Waals surface area contributed by atoms with Gasteiger partial charge in [0.25, 0.3) is 11.6 Å². The third kappa shape index (κ3) is 5.28. The average molecular weight is 397 g/mol. The van der Waals surface area contributed by atoms with Gasteiger partial charge in [-0.05, 0) is 44.4 Å². The Labute approximate surface area is 168 Å². The van der Waals surface area contributed by atoms with Crippen LogP contribution in [0.4, 0.5) is 17.2 Å². The summed E-state index contributed by atoms with van der Waals surface area (Å²) in [5.74, 6) is -0.0825. The number of nitro groups is 1. The molecule has 2 amide bonds. The van der Waals surface area contributed by atoms with E-state index in [4.69, 9.17) is 0 Å². The van der Waals surface area contributed by atoms with E-state index in [1.807, 2.05) is 6.07 Å². The van der Waals surface area contributed by atoms with Gasteiger partial charge < -0.3 is 15.5 Å². The quantitative estimate of drug-likeness (QED) is 0.572. The highest BCUT2D eigenvalue weighted by molar-refractivity contribution is 6.01. The van der Waals surface area contributed by atoms with E-state index in [9.17, 15) is 19.7 Å². The second kappa shape index (κ2) is 9.13. The molecule has 2 aromatic rings. The molecule has 0 spiro atoms. The van der Waals surface area contributed by atoms with Gasteiger partial charge in [0.1, 0.15) is 11.9 Å². The van der Waals surface area contributed by atoms with Crippen LogP contribution >= 0.6 is 0 Å². The van der Waals surface area contributed by atoms with Crippen molar-refractivity contribution in [1.82, 2.24) is 10.3 Å². The molecule has 1 atom stereocenters. The number of aromatic nitrogens is 1. The Kier molecular flexibility index (Phi) is 6.38. The number of anilines is 2. The van der Waals surface area contributed by atoms with Crippen LogP contribution in [0.5, 0.6) is 0 Å². The standard InChI is InChI=1S/C20H23N5O4/c1-14(22-20(27)15-6-5-7-17(12-15)25(28)29)19(26)23-16-8-9-18(21-13-16)24-10-3-2-4-11-24/h5-9,12-14H,2-4,10-11H2,1H3,(H,22,27)(H,23,26)/t14-/m1/s1. The second-order valence-corrected chi connectivity index (χ2v) is 6.94. The van der Waals surface area contributed by atoms with Crippen LogP contribution in [0.3, 0.4) is 0 Å². The first-order chi connectivity index (χ1) is 13.9. The summed E-state index contributed by atoms with van der Waals surface area (Å²) in [6.07, 6.45) is 5.14. The van der Waals surface area contributed by atoms with Gasteiger partial charge in [-0.15, -0.1) is 0 Å². The molecule has 1 saturated heterocycles. The molecule has 2 heterocycles. The van der Waals surface area contributed by atoms with Crippen molar-refractivity contribution >= 4 is 29.0 Å². The maximum Gasteiger partial charge on any atom is 0.270 e. The second-order valence-electron chi connectivity index (χ2n) is 6.94. The van der Waals surface area contributed by atoms with Crippen LogP contribution in [0.25, 0.3) is 0 Å². The zero-order valence-electron chi connectivity index (χ0n) is 16.1. The molecule has 0 saturated carbocycles. The molecule has 1 aromatic heterocycles. The molecule has 1 fully saturated rings. The first-order valence-electron chi connectivity index (χ1n) is 9.51. The third-order valence-corrected chi connectivity index (χ3v) is 4.76. The summed E-state index contributed by atoms with van der Waals surface area (Å²) in [6.45, 7) is 3.51. The van der Waals surface area contributed by atoms with Crippen molar-refractivity contribution in [2.24, 2.45) is 0 Å². The van der Waals surface area contributed by atoms with Crippen molar-refractivity contribution in [2.45, 2.75) is 32.2 Å². The summed E-state index contributed by atoms with van der Waals surface area (Å²) in [5, 5.41) is 16.1. The maximum atomic E-state index is 12.4. The molecule has 0 radical (unpaired) electrons. The van der Waals surface area contributed by atoms with Gasteiger partial charge >= 0.3 is 0 Å². The average Bonchev–Trinajstić information content (AvgIpc) is 2.75. The first kappa shape index (κ1) is 20.2. The number of carbonyl (C=O) groups excluding carboxylic acids is 2. The summed E-state index contributed by atoms with van der Waals surface area (Å²) >= 11 is 0. The number of nitrogens with zero attached hydrogens (tertiary/aromatic N) is 3. The topological polar surface area (TPSA) is 117 Å². The molecule has 152 valence electrons. The smallest absolute Gasteiger partial charge is 0.270 e. The van der Waals surface area contributed by atoms with Gasteiger partial charge in [0.2, 0.25) is 5.91 Å². The fourth-order valence-electron chi connectivity index (χ4n) is 3.13. The van der Waals surface area contributed by atoms with Crippen LogP contribution < -0.4 is 15.5 Å². The number of hydrogen-bond acceptors (Lipinski definition) is 6. The summed E-state index contributed by atoms with van der Waals surface area (Å²) in [4.78, 5) is 41.5. The Hall–Kier alpha value is -3.49. The van der Waals surface area contributed by atoms with Gasteiger partial charge in [-0.3, -0.25) is 19.7 Å². The van der Waals surface area contributed by atoms with Crippen molar-refractivity contribution in [2.75, 3.05) is 23.3 Å². The largest absolute Gasteiger partial charge is 0.357 e. The highest BCUT2D eigenvalue weighted by Crippen LogP contribution is 2.19. The maximum absolute atomic E-state index is 12.4. The zero-order chi connectivity index (χ0) is 20.8. The minimum absolute atomic E-state index is 0.117. The number of hydrogen-bond donors (Lipinski definition) is 2. The van der Waals surface area contributed by atoms with Crippen molar-refractivity contribution in [3.8, 4) is 0 Å². The van der Waals surface area contributed by atoms with Crippen LogP contribution in [-0.2, 0) is 4.79 Å². The highest BCUT2D eigenvalue weighted by atomic mass is 16.6. The van der Waals surface area contributed by atoms with Crippen molar-refractivity contribution < 1.29 is 14.5 Å². The molecule has 1 aromatic carbocycles. The van der Waals surface area contributed by atoms with E-state index in [1.165, 1.54) is 30.7 Å². The van der Waals surface area contributed by atoms with Crippen LogP contribution in [-0.4, -0.2) is 40.9 Å². The number of carbonyl (C=O) groups is 2. The van der Waals surface area contributed by atoms with Gasteiger partial charge in [-0.2, -0.15) is 0 Å². The van der Waals surface area contributed by atoms with Gasteiger partial charge in [0.05, 0.1) is 16.8 Å². The molecule has 3 rings (SSSR count). The van der Waals surface area contributed by atoms with E-state index in [2.05, 4.69) is 20.5 Å². The fraction of sp³-hybridized carbons (Fsp3) is 0.350. The first-order valence-corrected chi connectivity index (χ1v) is 9.51. The minimum Gasteiger partial charge on any atom is -0.357 e.